The molecule has 3 aromatic heterocycles. The molecule has 0 saturated carbocycles. The molecule has 0 aliphatic carbocycles. The summed E-state index contributed by atoms with van der Waals surface area (Å²) in [5.74, 6) is 0.300. The molecule has 0 fully saturated rings. The van der Waals surface area contributed by atoms with E-state index in [1.54, 1.807) is 0 Å². The van der Waals surface area contributed by atoms with Gasteiger partial charge in [0.1, 0.15) is 23.5 Å². The van der Waals surface area contributed by atoms with Crippen molar-refractivity contribution in [1.82, 2.24) is 24.5 Å². The number of hydrogen-bond acceptors (Lipinski definition) is 7. The number of amides is 1. The predicted molar refractivity (Wildman–Crippen MR) is 149 cm³/mol. The zero-order valence-corrected chi connectivity index (χ0v) is 22.3. The molecule has 10 heteroatoms. The quantitative estimate of drug-likeness (QED) is 0.293. The van der Waals surface area contributed by atoms with Crippen LogP contribution < -0.4 is 15.8 Å². The van der Waals surface area contributed by atoms with Crippen LogP contribution in [0.15, 0.2) is 61.2 Å². The van der Waals surface area contributed by atoms with Gasteiger partial charge in [0.05, 0.1) is 23.5 Å². The highest BCUT2D eigenvalue weighted by molar-refractivity contribution is 6.08. The largest absolute Gasteiger partial charge is 0.424 e. The first-order chi connectivity index (χ1) is 18.5. The first kappa shape index (κ1) is 25.8. The number of benzene rings is 2. The molecule has 3 heterocycles. The van der Waals surface area contributed by atoms with Gasteiger partial charge in [0, 0.05) is 23.7 Å². The van der Waals surface area contributed by atoms with E-state index in [2.05, 4.69) is 25.3 Å². The van der Waals surface area contributed by atoms with Crippen LogP contribution in [0.25, 0.3) is 33.4 Å². The Morgan fingerprint density at radius 2 is 1.67 bits per heavy atom. The molecule has 0 bridgehead atoms. The van der Waals surface area contributed by atoms with Crippen molar-refractivity contribution in [1.29, 1.82) is 0 Å². The molecule has 5 aromatic rings. The van der Waals surface area contributed by atoms with Gasteiger partial charge in [-0.25, -0.2) is 24.3 Å². The summed E-state index contributed by atoms with van der Waals surface area (Å²) in [6.07, 6.45) is 3.55. The highest BCUT2D eigenvalue weighted by atomic mass is 19.1. The molecule has 2 aromatic carbocycles. The van der Waals surface area contributed by atoms with Crippen LogP contribution in [0.3, 0.4) is 0 Å². The number of carbonyl (C=O) groups is 1. The number of anilines is 2. The molecule has 0 unspecified atom stereocenters. The van der Waals surface area contributed by atoms with Gasteiger partial charge in [-0.15, -0.1) is 0 Å². The Morgan fingerprint density at radius 1 is 1.00 bits per heavy atom. The van der Waals surface area contributed by atoms with Crippen LogP contribution in [0, 0.1) is 18.2 Å². The highest BCUT2D eigenvalue weighted by Crippen LogP contribution is 2.43. The molecule has 0 aliphatic heterocycles. The monoisotopic (exact) mass is 525 g/mol. The Morgan fingerprint density at radius 3 is 2.31 bits per heavy atom. The maximum Gasteiger partial charge on any atom is 0.322 e. The fourth-order valence-electron chi connectivity index (χ4n) is 4.30. The molecular weight excluding hydrogens is 497 g/mol. The molecule has 1 amide bonds. The Hall–Kier alpha value is -4.86. The maximum absolute atomic E-state index is 13.2. The third kappa shape index (κ3) is 5.00. The van der Waals surface area contributed by atoms with Gasteiger partial charge >= 0.3 is 6.01 Å². The van der Waals surface area contributed by atoms with Crippen molar-refractivity contribution in [2.45, 2.75) is 27.7 Å². The lowest BCUT2D eigenvalue weighted by Crippen LogP contribution is -2.27. The second-order valence-corrected chi connectivity index (χ2v) is 10.3. The number of nitrogens with two attached hydrogens (primary N) is 1. The van der Waals surface area contributed by atoms with Crippen molar-refractivity contribution in [2.75, 3.05) is 11.1 Å². The number of carbonyl (C=O) groups excluding carboxylic acids is 1. The van der Waals surface area contributed by atoms with E-state index >= 15 is 0 Å². The fourth-order valence-corrected chi connectivity index (χ4v) is 4.30. The van der Waals surface area contributed by atoms with Crippen LogP contribution in [-0.4, -0.2) is 30.4 Å². The Kier molecular flexibility index (Phi) is 6.47. The van der Waals surface area contributed by atoms with E-state index in [-0.39, 0.29) is 11.9 Å². The first-order valence-electron chi connectivity index (χ1n) is 12.3. The minimum absolute atomic E-state index is 0.0504. The van der Waals surface area contributed by atoms with E-state index in [1.165, 1.54) is 6.33 Å². The van der Waals surface area contributed by atoms with Crippen molar-refractivity contribution >= 4 is 28.4 Å². The number of rotatable bonds is 5. The minimum Gasteiger partial charge on any atom is -0.424 e. The van der Waals surface area contributed by atoms with Crippen LogP contribution in [-0.2, 0) is 11.8 Å². The average Bonchev–Trinajstić information content (AvgIpc) is 3.20. The van der Waals surface area contributed by atoms with Gasteiger partial charge in [-0.3, -0.25) is 4.79 Å². The number of ether oxygens (including phenoxy) is 1. The number of nitrogen functional groups attached to an aromatic ring is 1. The molecule has 198 valence electrons. The fraction of sp³-hybridized carbons (Fsp3) is 0.207. The van der Waals surface area contributed by atoms with Crippen molar-refractivity contribution in [2.24, 2.45) is 12.5 Å². The summed E-state index contributed by atoms with van der Waals surface area (Å²) in [6, 6.07) is 13.4. The molecule has 0 saturated heterocycles. The molecule has 0 spiro atoms. The number of nitrogens with zero attached hydrogens (tertiary/aromatic N) is 5. The Bertz CT molecular complexity index is 1690. The zero-order chi connectivity index (χ0) is 27.9. The van der Waals surface area contributed by atoms with Crippen molar-refractivity contribution in [3.05, 3.63) is 72.6 Å². The van der Waals surface area contributed by atoms with Gasteiger partial charge < -0.3 is 20.4 Å². The number of aromatic nitrogens is 5. The summed E-state index contributed by atoms with van der Waals surface area (Å²) in [7, 11) is 1.93. The third-order valence-corrected chi connectivity index (χ3v) is 6.36. The Balaban J connectivity index is 1.59. The van der Waals surface area contributed by atoms with E-state index in [0.29, 0.717) is 22.9 Å². The van der Waals surface area contributed by atoms with Crippen LogP contribution >= 0.6 is 0 Å². The molecule has 39 heavy (non-hydrogen) atoms. The SMILES string of the molecule is Cc1cc(-c2c(-c3ccc(NC(=O)C(C)(C)C)cc3)n(C)c3ncnc(N)c23)ccc1Oc1ncc(F)cn1. The summed E-state index contributed by atoms with van der Waals surface area (Å²) in [6.45, 7) is 7.51. The lowest BCUT2D eigenvalue weighted by Gasteiger charge is -2.18. The lowest BCUT2D eigenvalue weighted by molar-refractivity contribution is -0.123. The normalized spacial score (nSPS) is 11.5. The summed E-state index contributed by atoms with van der Waals surface area (Å²) in [4.78, 5) is 28.9. The van der Waals surface area contributed by atoms with Gasteiger partial charge in [0.2, 0.25) is 5.91 Å². The topological polar surface area (TPSA) is 121 Å². The van der Waals surface area contributed by atoms with E-state index < -0.39 is 11.2 Å². The standard InChI is InChI=1S/C29H28FN7O2/c1-16-12-18(8-11-21(16)39-28-32-13-19(30)14-33-28)22-23-25(31)34-15-35-26(23)37(5)24(22)17-6-9-20(10-7-17)36-27(38)29(2,3)4/h6-15H,1-5H3,(H,36,38)(H2,31,34,35). The second-order valence-electron chi connectivity index (χ2n) is 10.3. The number of fused-ring (bicyclic) bond motifs is 1. The number of aryl methyl sites for hydroxylation is 2. The number of halogens is 1. The summed E-state index contributed by atoms with van der Waals surface area (Å²) in [5.41, 5.74) is 11.6. The van der Waals surface area contributed by atoms with Crippen molar-refractivity contribution in [3.8, 4) is 34.1 Å². The van der Waals surface area contributed by atoms with Gasteiger partial charge in [-0.2, -0.15) is 0 Å². The molecule has 9 nitrogen and oxygen atoms in total. The maximum atomic E-state index is 13.2. The highest BCUT2D eigenvalue weighted by Gasteiger charge is 2.24. The average molecular weight is 526 g/mol. The van der Waals surface area contributed by atoms with Crippen LogP contribution in [0.2, 0.25) is 0 Å². The smallest absolute Gasteiger partial charge is 0.322 e. The lowest BCUT2D eigenvalue weighted by atomic mass is 9.95. The van der Waals surface area contributed by atoms with Gasteiger partial charge in [0.25, 0.3) is 0 Å². The summed E-state index contributed by atoms with van der Waals surface area (Å²) < 4.78 is 20.9. The molecule has 0 aliphatic rings. The summed E-state index contributed by atoms with van der Waals surface area (Å²) >= 11 is 0. The molecule has 3 N–H and O–H groups in total. The minimum atomic E-state index is -0.540. The van der Waals surface area contributed by atoms with Crippen molar-refractivity contribution in [3.63, 3.8) is 0 Å². The van der Waals surface area contributed by atoms with Gasteiger partial charge in [-0.05, 0) is 47.9 Å². The first-order valence-corrected chi connectivity index (χ1v) is 12.3. The van der Waals surface area contributed by atoms with E-state index in [4.69, 9.17) is 10.5 Å². The van der Waals surface area contributed by atoms with Crippen LogP contribution in [0.1, 0.15) is 26.3 Å². The van der Waals surface area contributed by atoms with Crippen molar-refractivity contribution < 1.29 is 13.9 Å². The summed E-state index contributed by atoms with van der Waals surface area (Å²) in [5, 5.41) is 3.69. The predicted octanol–water partition coefficient (Wildman–Crippen LogP) is 5.90. The molecular formula is C29H28FN7O2. The number of nitrogens with one attached hydrogen (secondary N) is 1. The van der Waals surface area contributed by atoms with Crippen LogP contribution in [0.5, 0.6) is 11.8 Å². The van der Waals surface area contributed by atoms with Gasteiger partial charge in [-0.1, -0.05) is 39.0 Å². The van der Waals surface area contributed by atoms with E-state index in [1.807, 2.05) is 81.8 Å². The van der Waals surface area contributed by atoms with Gasteiger partial charge in [0.15, 0.2) is 5.82 Å². The van der Waals surface area contributed by atoms with Crippen LogP contribution in [0.4, 0.5) is 15.9 Å². The van der Waals surface area contributed by atoms with E-state index in [0.717, 1.165) is 45.7 Å². The third-order valence-electron chi connectivity index (χ3n) is 6.36. The second kappa shape index (κ2) is 9.79. The Labute approximate surface area is 224 Å². The molecule has 0 atom stereocenters. The van der Waals surface area contributed by atoms with E-state index in [9.17, 15) is 9.18 Å². The molecule has 0 radical (unpaired) electrons. The molecule has 5 rings (SSSR count). The number of hydrogen-bond donors (Lipinski definition) is 2. The zero-order valence-electron chi connectivity index (χ0n) is 22.3.